The number of hydrogen-bond donors (Lipinski definition) is 0. The summed E-state index contributed by atoms with van der Waals surface area (Å²) in [5, 5.41) is 0. The summed E-state index contributed by atoms with van der Waals surface area (Å²) >= 11 is 3.10. The maximum atomic E-state index is 12.8. The fourth-order valence-corrected chi connectivity index (χ4v) is 1.68. The first-order chi connectivity index (χ1) is 7.54. The third kappa shape index (κ3) is 3.57. The van der Waals surface area contributed by atoms with Crippen molar-refractivity contribution in [2.75, 3.05) is 13.7 Å². The van der Waals surface area contributed by atoms with Gasteiger partial charge in [0.15, 0.2) is 0 Å². The van der Waals surface area contributed by atoms with Crippen molar-refractivity contribution in [2.24, 2.45) is 0 Å². The summed E-state index contributed by atoms with van der Waals surface area (Å²) in [5.41, 5.74) is 0.296. The van der Waals surface area contributed by atoms with Gasteiger partial charge in [-0.3, -0.25) is 0 Å². The molecule has 0 aliphatic rings. The largest absolute Gasteiger partial charge is 0.457 e. The number of esters is 1. The molecule has 0 heterocycles. The summed E-state index contributed by atoms with van der Waals surface area (Å²) in [7, 11) is 1.53. The molecular formula is C11H12BrFO3. The van der Waals surface area contributed by atoms with Gasteiger partial charge in [-0.25, -0.2) is 9.18 Å². The highest BCUT2D eigenvalue weighted by atomic mass is 79.9. The maximum absolute atomic E-state index is 12.8. The standard InChI is InChI=1S/C11H12BrFO3/c1-7(6-15-2)16-11(14)9-4-3-8(13)5-10(9)12/h3-5,7H,6H2,1-2H3. The normalized spacial score (nSPS) is 12.2. The SMILES string of the molecule is COCC(C)OC(=O)c1ccc(F)cc1Br. The number of methoxy groups -OCH3 is 1. The van der Waals surface area contributed by atoms with Crippen molar-refractivity contribution < 1.29 is 18.7 Å². The first-order valence-electron chi connectivity index (χ1n) is 4.69. The molecule has 0 saturated carbocycles. The van der Waals surface area contributed by atoms with Crippen LogP contribution in [0.2, 0.25) is 0 Å². The summed E-state index contributed by atoms with van der Waals surface area (Å²) in [5.74, 6) is -0.912. The molecule has 1 rings (SSSR count). The van der Waals surface area contributed by atoms with Crippen molar-refractivity contribution in [3.8, 4) is 0 Å². The van der Waals surface area contributed by atoms with Crippen LogP contribution >= 0.6 is 15.9 Å². The van der Waals surface area contributed by atoms with Gasteiger partial charge in [0.25, 0.3) is 0 Å². The third-order valence-electron chi connectivity index (χ3n) is 1.86. The minimum Gasteiger partial charge on any atom is -0.457 e. The second kappa shape index (κ2) is 5.96. The summed E-state index contributed by atoms with van der Waals surface area (Å²) < 4.78 is 23.1. The Morgan fingerprint density at radius 3 is 2.81 bits per heavy atom. The highest BCUT2D eigenvalue weighted by Crippen LogP contribution is 2.19. The minimum absolute atomic E-state index is 0.296. The molecule has 0 amide bonds. The molecule has 0 aromatic heterocycles. The first-order valence-corrected chi connectivity index (χ1v) is 5.49. The Morgan fingerprint density at radius 1 is 1.56 bits per heavy atom. The Balaban J connectivity index is 2.73. The fraction of sp³-hybridized carbons (Fsp3) is 0.364. The topological polar surface area (TPSA) is 35.5 Å². The van der Waals surface area contributed by atoms with Gasteiger partial charge in [-0.1, -0.05) is 0 Å². The zero-order valence-corrected chi connectivity index (χ0v) is 10.6. The average Bonchev–Trinajstić information content (AvgIpc) is 2.17. The smallest absolute Gasteiger partial charge is 0.339 e. The second-order valence-electron chi connectivity index (χ2n) is 3.30. The molecule has 1 aromatic carbocycles. The number of benzene rings is 1. The van der Waals surface area contributed by atoms with E-state index in [1.54, 1.807) is 6.92 Å². The van der Waals surface area contributed by atoms with E-state index >= 15 is 0 Å². The Bertz CT molecular complexity index is 381. The van der Waals surface area contributed by atoms with Gasteiger partial charge < -0.3 is 9.47 Å². The van der Waals surface area contributed by atoms with Gasteiger partial charge in [0.1, 0.15) is 11.9 Å². The van der Waals surface area contributed by atoms with Crippen LogP contribution in [-0.4, -0.2) is 25.8 Å². The van der Waals surface area contributed by atoms with Crippen LogP contribution in [0.15, 0.2) is 22.7 Å². The molecule has 0 aliphatic carbocycles. The summed E-state index contributed by atoms with van der Waals surface area (Å²) in [6.07, 6.45) is -0.338. The van der Waals surface area contributed by atoms with Crippen LogP contribution in [-0.2, 0) is 9.47 Å². The number of halogens is 2. The second-order valence-corrected chi connectivity index (χ2v) is 4.15. The molecule has 0 aliphatic heterocycles. The molecule has 1 unspecified atom stereocenters. The van der Waals surface area contributed by atoms with E-state index < -0.39 is 11.8 Å². The number of carbonyl (C=O) groups is 1. The van der Waals surface area contributed by atoms with Crippen LogP contribution in [0.3, 0.4) is 0 Å². The third-order valence-corrected chi connectivity index (χ3v) is 2.52. The van der Waals surface area contributed by atoms with Gasteiger partial charge in [0.05, 0.1) is 12.2 Å². The predicted octanol–water partition coefficient (Wildman–Crippen LogP) is 2.78. The van der Waals surface area contributed by atoms with E-state index in [0.29, 0.717) is 16.6 Å². The number of hydrogen-bond acceptors (Lipinski definition) is 3. The average molecular weight is 291 g/mol. The molecule has 16 heavy (non-hydrogen) atoms. The van der Waals surface area contributed by atoms with Gasteiger partial charge in [-0.05, 0) is 41.1 Å². The lowest BCUT2D eigenvalue weighted by atomic mass is 10.2. The molecule has 1 atom stereocenters. The predicted molar refractivity (Wildman–Crippen MR) is 60.9 cm³/mol. The van der Waals surface area contributed by atoms with Crippen LogP contribution in [0.4, 0.5) is 4.39 Å². The van der Waals surface area contributed by atoms with E-state index in [-0.39, 0.29) is 6.10 Å². The number of rotatable bonds is 4. The highest BCUT2D eigenvalue weighted by molar-refractivity contribution is 9.10. The zero-order valence-electron chi connectivity index (χ0n) is 9.00. The Morgan fingerprint density at radius 2 is 2.25 bits per heavy atom. The number of ether oxygens (including phenoxy) is 2. The van der Waals surface area contributed by atoms with Gasteiger partial charge >= 0.3 is 5.97 Å². The molecule has 3 nitrogen and oxygen atoms in total. The molecule has 1 aromatic rings. The van der Waals surface area contributed by atoms with Crippen molar-refractivity contribution >= 4 is 21.9 Å². The Kier molecular flexibility index (Phi) is 4.89. The van der Waals surface area contributed by atoms with Crippen molar-refractivity contribution in [1.29, 1.82) is 0 Å². The van der Waals surface area contributed by atoms with Crippen LogP contribution in [0.1, 0.15) is 17.3 Å². The molecule has 0 fully saturated rings. The van der Waals surface area contributed by atoms with Crippen molar-refractivity contribution in [3.05, 3.63) is 34.1 Å². The summed E-state index contributed by atoms with van der Waals surface area (Å²) in [6, 6.07) is 3.81. The minimum atomic E-state index is -0.503. The van der Waals surface area contributed by atoms with Crippen molar-refractivity contribution in [3.63, 3.8) is 0 Å². The van der Waals surface area contributed by atoms with E-state index in [1.165, 1.54) is 25.3 Å². The van der Waals surface area contributed by atoms with Gasteiger partial charge in [-0.2, -0.15) is 0 Å². The van der Waals surface area contributed by atoms with E-state index in [1.807, 2.05) is 0 Å². The maximum Gasteiger partial charge on any atom is 0.339 e. The fourth-order valence-electron chi connectivity index (χ4n) is 1.17. The molecule has 0 bridgehead atoms. The van der Waals surface area contributed by atoms with Crippen molar-refractivity contribution in [1.82, 2.24) is 0 Å². The molecule has 0 N–H and O–H groups in total. The lowest BCUT2D eigenvalue weighted by Gasteiger charge is -2.12. The zero-order chi connectivity index (χ0) is 12.1. The lowest BCUT2D eigenvalue weighted by molar-refractivity contribution is 0.0119. The van der Waals surface area contributed by atoms with E-state index in [2.05, 4.69) is 15.9 Å². The molecular weight excluding hydrogens is 279 g/mol. The molecule has 88 valence electrons. The van der Waals surface area contributed by atoms with E-state index in [0.717, 1.165) is 0 Å². The van der Waals surface area contributed by atoms with Crippen LogP contribution in [0, 0.1) is 5.82 Å². The van der Waals surface area contributed by atoms with Crippen LogP contribution < -0.4 is 0 Å². The van der Waals surface area contributed by atoms with Gasteiger partial charge in [-0.15, -0.1) is 0 Å². The highest BCUT2D eigenvalue weighted by Gasteiger charge is 2.15. The molecule has 5 heteroatoms. The lowest BCUT2D eigenvalue weighted by Crippen LogP contribution is -2.19. The summed E-state index contributed by atoms with van der Waals surface area (Å²) in [6.45, 7) is 2.05. The number of carbonyl (C=O) groups excluding carboxylic acids is 1. The van der Waals surface area contributed by atoms with E-state index in [4.69, 9.17) is 9.47 Å². The van der Waals surface area contributed by atoms with Crippen LogP contribution in [0.25, 0.3) is 0 Å². The van der Waals surface area contributed by atoms with E-state index in [9.17, 15) is 9.18 Å². The van der Waals surface area contributed by atoms with Gasteiger partial charge in [0.2, 0.25) is 0 Å². The monoisotopic (exact) mass is 290 g/mol. The summed E-state index contributed by atoms with van der Waals surface area (Å²) in [4.78, 5) is 11.6. The van der Waals surface area contributed by atoms with Gasteiger partial charge in [0, 0.05) is 11.6 Å². The van der Waals surface area contributed by atoms with Crippen LogP contribution in [0.5, 0.6) is 0 Å². The quantitative estimate of drug-likeness (QED) is 0.800. The Hall–Kier alpha value is -0.940. The Labute approximate surface area is 102 Å². The first kappa shape index (κ1) is 13.1. The molecule has 0 saturated heterocycles. The molecule has 0 radical (unpaired) electrons. The van der Waals surface area contributed by atoms with Crippen molar-refractivity contribution in [2.45, 2.75) is 13.0 Å². The molecule has 0 spiro atoms.